The SMILES string of the molecule is Cn1c(=O)n([C@@H]2O[C@H](COP(=O)(O)CP(=O)(O)O)C(O)C2O)cc/c1=N/OCc1ccccc1. The van der Waals surface area contributed by atoms with Gasteiger partial charge < -0.3 is 39.0 Å². The number of aliphatic hydroxyl groups is 2. The van der Waals surface area contributed by atoms with Crippen molar-refractivity contribution in [3.8, 4) is 0 Å². The summed E-state index contributed by atoms with van der Waals surface area (Å²) in [6, 6.07) is 10.7. The van der Waals surface area contributed by atoms with Crippen LogP contribution in [-0.2, 0) is 36.9 Å². The molecule has 188 valence electrons. The minimum atomic E-state index is -4.84. The zero-order chi connectivity index (χ0) is 25.1. The highest BCUT2D eigenvalue weighted by Crippen LogP contribution is 2.55. The Bertz CT molecular complexity index is 1210. The lowest BCUT2D eigenvalue weighted by Crippen LogP contribution is -2.42. The lowest BCUT2D eigenvalue weighted by molar-refractivity contribution is -0.0530. The molecule has 0 radical (unpaired) electrons. The molecule has 3 rings (SSSR count). The summed E-state index contributed by atoms with van der Waals surface area (Å²) in [6.45, 7) is -0.580. The van der Waals surface area contributed by atoms with E-state index < -0.39 is 57.9 Å². The summed E-state index contributed by atoms with van der Waals surface area (Å²) in [7, 11) is -8.12. The third-order valence-electron chi connectivity index (χ3n) is 4.88. The minimum absolute atomic E-state index is 0.170. The minimum Gasteiger partial charge on any atom is -0.389 e. The van der Waals surface area contributed by atoms with Gasteiger partial charge in [0.1, 0.15) is 24.9 Å². The predicted molar refractivity (Wildman–Crippen MR) is 115 cm³/mol. The molecule has 1 saturated heterocycles. The van der Waals surface area contributed by atoms with Gasteiger partial charge in [0.05, 0.1) is 6.61 Å². The normalized spacial score (nSPS) is 25.3. The van der Waals surface area contributed by atoms with Gasteiger partial charge >= 0.3 is 20.9 Å². The number of hydrogen-bond acceptors (Lipinski definition) is 9. The van der Waals surface area contributed by atoms with Gasteiger partial charge in [-0.2, -0.15) is 0 Å². The van der Waals surface area contributed by atoms with E-state index in [9.17, 15) is 29.0 Å². The van der Waals surface area contributed by atoms with Crippen molar-refractivity contribution in [3.63, 3.8) is 0 Å². The van der Waals surface area contributed by atoms with Crippen molar-refractivity contribution < 1.29 is 48.1 Å². The van der Waals surface area contributed by atoms with E-state index in [2.05, 4.69) is 9.68 Å². The molecule has 14 nitrogen and oxygen atoms in total. The van der Waals surface area contributed by atoms with Crippen LogP contribution in [0, 0.1) is 0 Å². The molecule has 1 fully saturated rings. The smallest absolute Gasteiger partial charge is 0.340 e. The summed E-state index contributed by atoms with van der Waals surface area (Å²) in [5, 5.41) is 24.5. The fourth-order valence-corrected chi connectivity index (χ4v) is 5.76. The van der Waals surface area contributed by atoms with E-state index in [-0.39, 0.29) is 12.1 Å². The van der Waals surface area contributed by atoms with Gasteiger partial charge in [-0.25, -0.2) is 4.79 Å². The Labute approximate surface area is 193 Å². The van der Waals surface area contributed by atoms with Crippen molar-refractivity contribution in [2.75, 3.05) is 12.5 Å². The molecule has 0 bridgehead atoms. The summed E-state index contributed by atoms with van der Waals surface area (Å²) in [5.74, 6) is -1.42. The van der Waals surface area contributed by atoms with Crippen LogP contribution in [0.5, 0.6) is 0 Å². The Balaban J connectivity index is 1.71. The largest absolute Gasteiger partial charge is 0.389 e. The monoisotopic (exact) mass is 521 g/mol. The maximum absolute atomic E-state index is 12.8. The van der Waals surface area contributed by atoms with Crippen LogP contribution in [0.4, 0.5) is 0 Å². The van der Waals surface area contributed by atoms with E-state index in [4.69, 9.17) is 19.4 Å². The lowest BCUT2D eigenvalue weighted by Gasteiger charge is -2.19. The number of ether oxygens (including phenoxy) is 1. The second-order valence-electron chi connectivity index (χ2n) is 7.56. The maximum Gasteiger partial charge on any atom is 0.340 e. The van der Waals surface area contributed by atoms with E-state index in [1.54, 1.807) is 0 Å². The molecular weight excluding hydrogens is 496 g/mol. The van der Waals surface area contributed by atoms with Crippen LogP contribution < -0.4 is 11.2 Å². The van der Waals surface area contributed by atoms with Crippen LogP contribution in [0.1, 0.15) is 11.8 Å². The molecule has 16 heteroatoms. The zero-order valence-corrected chi connectivity index (χ0v) is 19.7. The van der Waals surface area contributed by atoms with Crippen molar-refractivity contribution in [2.24, 2.45) is 12.2 Å². The number of nitrogens with zero attached hydrogens (tertiary/aromatic N) is 3. The molecule has 0 saturated carbocycles. The number of hydrogen-bond donors (Lipinski definition) is 5. The second-order valence-corrected chi connectivity index (χ2v) is 11.6. The Morgan fingerprint density at radius 2 is 1.76 bits per heavy atom. The van der Waals surface area contributed by atoms with Gasteiger partial charge in [-0.3, -0.25) is 18.3 Å². The summed E-state index contributed by atoms with van der Waals surface area (Å²) in [6.07, 6.45) is -4.68. The number of aromatic nitrogens is 2. The van der Waals surface area contributed by atoms with Crippen LogP contribution in [-0.4, -0.2) is 64.8 Å². The van der Waals surface area contributed by atoms with Crippen LogP contribution in [0.15, 0.2) is 52.5 Å². The van der Waals surface area contributed by atoms with Crippen LogP contribution in [0.2, 0.25) is 0 Å². The van der Waals surface area contributed by atoms with E-state index >= 15 is 0 Å². The van der Waals surface area contributed by atoms with Gasteiger partial charge in [0.25, 0.3) is 0 Å². The first-order valence-electron chi connectivity index (χ1n) is 9.88. The Morgan fingerprint density at radius 1 is 1.09 bits per heavy atom. The van der Waals surface area contributed by atoms with Gasteiger partial charge in [0, 0.05) is 19.3 Å². The van der Waals surface area contributed by atoms with Crippen molar-refractivity contribution in [2.45, 2.75) is 31.1 Å². The first-order chi connectivity index (χ1) is 15.9. The highest BCUT2D eigenvalue weighted by atomic mass is 31.2. The average Bonchev–Trinajstić information content (AvgIpc) is 3.03. The number of benzene rings is 1. The standard InChI is InChI=1S/C18H25N3O11P2/c1-20-14(19-30-9-12-5-3-2-4-6-12)7-8-21(18(20)24)17-16(23)15(22)13(32-17)10-31-34(28,29)11-33(25,26)27/h2-8,13,15-17,22-23H,9-11H2,1H3,(H,28,29)(H2,25,26,27)/b19-14-/t13-,15?,16?,17-/m1/s1. The summed E-state index contributed by atoms with van der Waals surface area (Å²) in [4.78, 5) is 45.3. The molecule has 0 spiro atoms. The molecule has 1 aromatic carbocycles. The molecule has 34 heavy (non-hydrogen) atoms. The molecule has 2 heterocycles. The van der Waals surface area contributed by atoms with Crippen LogP contribution in [0.3, 0.4) is 0 Å². The fourth-order valence-electron chi connectivity index (χ4n) is 3.19. The van der Waals surface area contributed by atoms with Crippen LogP contribution >= 0.6 is 15.2 Å². The van der Waals surface area contributed by atoms with E-state index in [1.165, 1.54) is 19.3 Å². The van der Waals surface area contributed by atoms with Crippen LogP contribution in [0.25, 0.3) is 0 Å². The Kier molecular flexibility index (Phi) is 8.30. The summed E-state index contributed by atoms with van der Waals surface area (Å²) in [5.41, 5.74) is 0.376. The first-order valence-corrected chi connectivity index (χ1v) is 13.4. The lowest BCUT2D eigenvalue weighted by atomic mass is 10.1. The number of aliphatic hydroxyl groups excluding tert-OH is 2. The van der Waals surface area contributed by atoms with E-state index in [0.717, 1.165) is 14.7 Å². The Hall–Kier alpha value is -2.12. The molecule has 3 unspecified atom stereocenters. The zero-order valence-electron chi connectivity index (χ0n) is 17.9. The Morgan fingerprint density at radius 3 is 2.41 bits per heavy atom. The second kappa shape index (κ2) is 10.6. The van der Waals surface area contributed by atoms with E-state index in [1.807, 2.05) is 30.3 Å². The third kappa shape index (κ3) is 6.72. The van der Waals surface area contributed by atoms with Crippen molar-refractivity contribution in [3.05, 3.63) is 64.1 Å². The average molecular weight is 521 g/mol. The van der Waals surface area contributed by atoms with Gasteiger partial charge in [-0.1, -0.05) is 35.5 Å². The molecule has 0 amide bonds. The molecule has 5 N–H and O–H groups in total. The van der Waals surface area contributed by atoms with Crippen molar-refractivity contribution in [1.29, 1.82) is 0 Å². The van der Waals surface area contributed by atoms with Crippen molar-refractivity contribution >= 4 is 15.2 Å². The predicted octanol–water partition coefficient (Wildman–Crippen LogP) is -0.824. The van der Waals surface area contributed by atoms with E-state index in [0.29, 0.717) is 0 Å². The summed E-state index contributed by atoms with van der Waals surface area (Å²) >= 11 is 0. The van der Waals surface area contributed by atoms with Gasteiger partial charge in [-0.15, -0.1) is 0 Å². The molecule has 1 aliphatic rings. The van der Waals surface area contributed by atoms with Gasteiger partial charge in [-0.05, 0) is 5.56 Å². The molecule has 1 aliphatic heterocycles. The first kappa shape index (κ1) is 26.5. The van der Waals surface area contributed by atoms with Crippen molar-refractivity contribution in [1.82, 2.24) is 9.13 Å². The molecule has 2 aromatic rings. The maximum atomic E-state index is 12.8. The summed E-state index contributed by atoms with van der Waals surface area (Å²) < 4.78 is 34.9. The highest BCUT2D eigenvalue weighted by molar-refractivity contribution is 7.70. The highest BCUT2D eigenvalue weighted by Gasteiger charge is 2.45. The molecular formula is C18H25N3O11P2. The van der Waals surface area contributed by atoms with Gasteiger partial charge in [0.2, 0.25) is 0 Å². The number of rotatable bonds is 9. The third-order valence-corrected chi connectivity index (χ3v) is 8.34. The molecule has 5 atom stereocenters. The quantitative estimate of drug-likeness (QED) is 0.204. The molecule has 0 aliphatic carbocycles. The molecule has 1 aromatic heterocycles. The topological polar surface area (TPSA) is 202 Å². The fraction of sp³-hybridized carbons (Fsp3) is 0.444. The van der Waals surface area contributed by atoms with Gasteiger partial charge in [0.15, 0.2) is 17.6 Å².